The summed E-state index contributed by atoms with van der Waals surface area (Å²) in [6.07, 6.45) is 5.83. The number of hydrogen-bond acceptors (Lipinski definition) is 2. The molecule has 1 atom stereocenters. The fourth-order valence-electron chi connectivity index (χ4n) is 2.07. The Morgan fingerprint density at radius 1 is 1.37 bits per heavy atom. The van der Waals surface area contributed by atoms with E-state index in [1.54, 1.807) is 0 Å². The van der Waals surface area contributed by atoms with Gasteiger partial charge in [0, 0.05) is 24.5 Å². The summed E-state index contributed by atoms with van der Waals surface area (Å²) >= 11 is 0. The molecule has 0 spiro atoms. The number of amides is 1. The molecule has 4 nitrogen and oxygen atoms in total. The first-order chi connectivity index (χ1) is 8.97. The Hall–Kier alpha value is -1.29. The molecule has 1 unspecified atom stereocenters. The van der Waals surface area contributed by atoms with Crippen LogP contribution in [0.3, 0.4) is 0 Å². The van der Waals surface area contributed by atoms with Gasteiger partial charge in [-0.1, -0.05) is 27.7 Å². The summed E-state index contributed by atoms with van der Waals surface area (Å²) in [5, 5.41) is 3.04. The van der Waals surface area contributed by atoms with Crippen LogP contribution in [-0.2, 0) is 11.3 Å². The highest BCUT2D eigenvalue weighted by atomic mass is 16.2. The summed E-state index contributed by atoms with van der Waals surface area (Å²) in [4.78, 5) is 11.9. The lowest BCUT2D eigenvalue weighted by Crippen LogP contribution is -2.36. The Morgan fingerprint density at radius 2 is 2.00 bits per heavy atom. The van der Waals surface area contributed by atoms with Crippen molar-refractivity contribution >= 4 is 5.91 Å². The second-order valence-electron chi connectivity index (χ2n) is 5.47. The van der Waals surface area contributed by atoms with Crippen molar-refractivity contribution in [3.63, 3.8) is 0 Å². The van der Waals surface area contributed by atoms with Gasteiger partial charge in [0.2, 0.25) is 5.91 Å². The Balaban J connectivity index is 2.56. The molecule has 3 N–H and O–H groups in total. The normalized spacial score (nSPS) is 13.0. The standard InChI is InChI=1S/C15H27N3O/c1-5-13(6-2)17-14(19)10-18-8-7-12(9-18)15(16)11(3)4/h7-9,11,13,15H,5-6,10,16H2,1-4H3,(H,17,19). The molecule has 0 aliphatic heterocycles. The third-order valence-electron chi connectivity index (χ3n) is 3.55. The van der Waals surface area contributed by atoms with Gasteiger partial charge in [-0.05, 0) is 30.4 Å². The number of aromatic nitrogens is 1. The Morgan fingerprint density at radius 3 is 2.53 bits per heavy atom. The van der Waals surface area contributed by atoms with Gasteiger partial charge in [-0.3, -0.25) is 4.79 Å². The topological polar surface area (TPSA) is 60.0 Å². The van der Waals surface area contributed by atoms with Gasteiger partial charge < -0.3 is 15.6 Å². The van der Waals surface area contributed by atoms with Gasteiger partial charge in [-0.15, -0.1) is 0 Å². The highest BCUT2D eigenvalue weighted by Crippen LogP contribution is 2.18. The number of nitrogens with zero attached hydrogens (tertiary/aromatic N) is 1. The minimum Gasteiger partial charge on any atom is -0.352 e. The van der Waals surface area contributed by atoms with Crippen molar-refractivity contribution in [1.82, 2.24) is 9.88 Å². The van der Waals surface area contributed by atoms with Crippen LogP contribution in [0, 0.1) is 5.92 Å². The van der Waals surface area contributed by atoms with Crippen LogP contribution >= 0.6 is 0 Å². The molecule has 108 valence electrons. The van der Waals surface area contributed by atoms with Gasteiger partial charge in [0.05, 0.1) is 0 Å². The first kappa shape index (κ1) is 15.8. The summed E-state index contributed by atoms with van der Waals surface area (Å²) in [6, 6.07) is 2.30. The minimum absolute atomic E-state index is 0.0309. The van der Waals surface area contributed by atoms with E-state index in [4.69, 9.17) is 5.73 Å². The molecule has 4 heteroatoms. The van der Waals surface area contributed by atoms with Gasteiger partial charge in [0.1, 0.15) is 6.54 Å². The van der Waals surface area contributed by atoms with Crippen LogP contribution in [0.1, 0.15) is 52.1 Å². The molecular formula is C15H27N3O. The van der Waals surface area contributed by atoms with E-state index in [1.807, 2.05) is 23.0 Å². The number of rotatable bonds is 7. The Labute approximate surface area is 116 Å². The monoisotopic (exact) mass is 265 g/mol. The summed E-state index contributed by atoms with van der Waals surface area (Å²) < 4.78 is 1.90. The predicted octanol–water partition coefficient (Wildman–Crippen LogP) is 2.45. The first-order valence-corrected chi connectivity index (χ1v) is 7.18. The van der Waals surface area contributed by atoms with Crippen LogP contribution in [0.2, 0.25) is 0 Å². The van der Waals surface area contributed by atoms with Gasteiger partial charge in [-0.25, -0.2) is 0 Å². The molecule has 0 aromatic carbocycles. The van der Waals surface area contributed by atoms with E-state index in [0.717, 1.165) is 18.4 Å². The van der Waals surface area contributed by atoms with E-state index in [1.165, 1.54) is 0 Å². The maximum atomic E-state index is 11.9. The number of nitrogens with two attached hydrogens (primary N) is 1. The van der Waals surface area contributed by atoms with Crippen molar-refractivity contribution in [2.75, 3.05) is 0 Å². The van der Waals surface area contributed by atoms with Crippen molar-refractivity contribution in [2.45, 2.75) is 59.2 Å². The molecule has 0 radical (unpaired) electrons. The molecular weight excluding hydrogens is 238 g/mol. The lowest BCUT2D eigenvalue weighted by Gasteiger charge is -2.15. The number of carbonyl (C=O) groups is 1. The zero-order valence-corrected chi connectivity index (χ0v) is 12.5. The van der Waals surface area contributed by atoms with Crippen molar-refractivity contribution in [3.05, 3.63) is 24.0 Å². The van der Waals surface area contributed by atoms with Crippen molar-refractivity contribution in [2.24, 2.45) is 11.7 Å². The quantitative estimate of drug-likeness (QED) is 0.795. The summed E-state index contributed by atoms with van der Waals surface area (Å²) in [5.41, 5.74) is 7.18. The predicted molar refractivity (Wildman–Crippen MR) is 78.7 cm³/mol. The molecule has 1 heterocycles. The van der Waals surface area contributed by atoms with Gasteiger partial charge in [-0.2, -0.15) is 0 Å². The molecule has 1 rings (SSSR count). The highest BCUT2D eigenvalue weighted by Gasteiger charge is 2.13. The second kappa shape index (κ2) is 7.34. The van der Waals surface area contributed by atoms with E-state index in [-0.39, 0.29) is 18.0 Å². The minimum atomic E-state index is 0.0309. The maximum Gasteiger partial charge on any atom is 0.240 e. The van der Waals surface area contributed by atoms with Crippen LogP contribution in [0.25, 0.3) is 0 Å². The molecule has 0 saturated heterocycles. The van der Waals surface area contributed by atoms with Crippen molar-refractivity contribution < 1.29 is 4.79 Å². The molecule has 19 heavy (non-hydrogen) atoms. The first-order valence-electron chi connectivity index (χ1n) is 7.18. The van der Waals surface area contributed by atoms with Crippen LogP contribution < -0.4 is 11.1 Å². The second-order valence-corrected chi connectivity index (χ2v) is 5.47. The third kappa shape index (κ3) is 4.71. The average Bonchev–Trinajstić information content (AvgIpc) is 2.83. The lowest BCUT2D eigenvalue weighted by atomic mass is 10.00. The smallest absolute Gasteiger partial charge is 0.240 e. The van der Waals surface area contributed by atoms with Crippen LogP contribution in [-0.4, -0.2) is 16.5 Å². The maximum absolute atomic E-state index is 11.9. The molecule has 0 fully saturated rings. The molecule has 1 aromatic rings. The zero-order valence-electron chi connectivity index (χ0n) is 12.5. The third-order valence-corrected chi connectivity index (χ3v) is 3.55. The molecule has 1 aromatic heterocycles. The van der Waals surface area contributed by atoms with Crippen molar-refractivity contribution in [3.8, 4) is 0 Å². The summed E-state index contributed by atoms with van der Waals surface area (Å²) in [6.45, 7) is 8.73. The lowest BCUT2D eigenvalue weighted by molar-refractivity contribution is -0.122. The van der Waals surface area contributed by atoms with E-state index >= 15 is 0 Å². The molecule has 0 aliphatic carbocycles. The molecule has 0 aliphatic rings. The largest absolute Gasteiger partial charge is 0.352 e. The number of carbonyl (C=O) groups excluding carboxylic acids is 1. The fourth-order valence-corrected chi connectivity index (χ4v) is 2.07. The Bertz CT molecular complexity index is 394. The van der Waals surface area contributed by atoms with Gasteiger partial charge in [0.25, 0.3) is 0 Å². The van der Waals surface area contributed by atoms with Gasteiger partial charge >= 0.3 is 0 Å². The summed E-state index contributed by atoms with van der Waals surface area (Å²) in [7, 11) is 0. The van der Waals surface area contributed by atoms with Crippen LogP contribution in [0.5, 0.6) is 0 Å². The fraction of sp³-hybridized carbons (Fsp3) is 0.667. The highest BCUT2D eigenvalue weighted by molar-refractivity contribution is 5.76. The van der Waals surface area contributed by atoms with E-state index in [2.05, 4.69) is 33.0 Å². The molecule has 1 amide bonds. The number of hydrogen-bond donors (Lipinski definition) is 2. The molecule has 0 saturated carbocycles. The van der Waals surface area contributed by atoms with Crippen molar-refractivity contribution in [1.29, 1.82) is 0 Å². The Kier molecular flexibility index (Phi) is 6.09. The van der Waals surface area contributed by atoms with E-state index < -0.39 is 0 Å². The van der Waals surface area contributed by atoms with Crippen LogP contribution in [0.4, 0.5) is 0 Å². The average molecular weight is 265 g/mol. The summed E-state index contributed by atoms with van der Waals surface area (Å²) in [5.74, 6) is 0.461. The zero-order chi connectivity index (χ0) is 14.4. The van der Waals surface area contributed by atoms with Crippen LogP contribution in [0.15, 0.2) is 18.5 Å². The number of nitrogens with one attached hydrogen (secondary N) is 1. The van der Waals surface area contributed by atoms with E-state index in [0.29, 0.717) is 12.5 Å². The molecule has 0 bridgehead atoms. The SMILES string of the molecule is CCC(CC)NC(=O)Cn1ccc(C(N)C(C)C)c1. The van der Waals surface area contributed by atoms with Gasteiger partial charge in [0.15, 0.2) is 0 Å². The van der Waals surface area contributed by atoms with E-state index in [9.17, 15) is 4.79 Å².